The molecule has 0 saturated heterocycles. The van der Waals surface area contributed by atoms with Crippen LogP contribution in [0.3, 0.4) is 0 Å². The average Bonchev–Trinajstić information content (AvgIpc) is 4.18. The third kappa shape index (κ3) is 11.1. The molecule has 66 heavy (non-hydrogen) atoms. The van der Waals surface area contributed by atoms with Crippen molar-refractivity contribution in [1.29, 1.82) is 0 Å². The molecular weight excluding hydrogens is 885 g/mol. The van der Waals surface area contributed by atoms with Crippen LogP contribution in [-0.2, 0) is 25.7 Å². The van der Waals surface area contributed by atoms with Gasteiger partial charge in [0.2, 0.25) is 0 Å². The molecule has 9 rings (SSSR count). The molecule has 0 aliphatic carbocycles. The molecule has 0 radical (unpaired) electrons. The monoisotopic (exact) mass is 948 g/mol. The molecule has 0 fully saturated rings. The first-order valence-electron chi connectivity index (χ1n) is 25.0. The fourth-order valence-corrected chi connectivity index (χ4v) is 13.1. The van der Waals surface area contributed by atoms with E-state index in [1.54, 1.807) is 0 Å². The number of aromatic nitrogens is 6. The predicted octanol–water partition coefficient (Wildman–Crippen LogP) is 18.1. The van der Waals surface area contributed by atoms with Crippen LogP contribution in [0.15, 0.2) is 72.8 Å². The maximum atomic E-state index is 5.43. The van der Waals surface area contributed by atoms with E-state index in [0.29, 0.717) is 0 Å². The van der Waals surface area contributed by atoms with Crippen molar-refractivity contribution in [1.82, 2.24) is 29.9 Å². The molecule has 0 N–H and O–H groups in total. The van der Waals surface area contributed by atoms with Gasteiger partial charge in [0.1, 0.15) is 22.8 Å². The number of rotatable bonds is 24. The minimum atomic E-state index is 0.802. The fourth-order valence-electron chi connectivity index (χ4n) is 8.93. The highest BCUT2D eigenvalue weighted by Crippen LogP contribution is 2.41. The Balaban J connectivity index is 1.11. The van der Waals surface area contributed by atoms with Gasteiger partial charge in [-0.25, -0.2) is 29.9 Å². The Morgan fingerprint density at radius 3 is 0.727 bits per heavy atom. The van der Waals surface area contributed by atoms with Gasteiger partial charge in [0.15, 0.2) is 0 Å². The number of fused-ring (bicyclic) bond motifs is 4. The van der Waals surface area contributed by atoms with Crippen LogP contribution in [-0.4, -0.2) is 29.9 Å². The number of thiophene rings is 4. The average molecular weight is 949 g/mol. The minimum Gasteiger partial charge on any atom is -0.244 e. The van der Waals surface area contributed by atoms with Crippen LogP contribution >= 0.6 is 45.3 Å². The van der Waals surface area contributed by atoms with E-state index in [-0.39, 0.29) is 0 Å². The van der Waals surface area contributed by atoms with Crippen molar-refractivity contribution in [3.05, 3.63) is 92.3 Å². The van der Waals surface area contributed by atoms with Gasteiger partial charge in [0.05, 0.1) is 63.6 Å². The van der Waals surface area contributed by atoms with Crippen molar-refractivity contribution < 1.29 is 0 Å². The van der Waals surface area contributed by atoms with Crippen LogP contribution in [0.25, 0.3) is 86.4 Å². The molecule has 0 aliphatic heterocycles. The summed E-state index contributed by atoms with van der Waals surface area (Å²) in [6, 6.07) is 26.6. The number of nitrogens with zero attached hydrogens (tertiary/aromatic N) is 6. The lowest BCUT2D eigenvalue weighted by molar-refractivity contribution is 0.670. The van der Waals surface area contributed by atoms with Gasteiger partial charge in [0, 0.05) is 19.5 Å². The molecule has 6 nitrogen and oxygen atoms in total. The normalized spacial score (nSPS) is 11.9. The van der Waals surface area contributed by atoms with E-state index in [1.165, 1.54) is 142 Å². The molecule has 0 aliphatic rings. The smallest absolute Gasteiger partial charge is 0.108 e. The summed E-state index contributed by atoms with van der Waals surface area (Å²) in [4.78, 5) is 42.6. The highest BCUT2D eigenvalue weighted by molar-refractivity contribution is 7.17. The molecule has 0 unspecified atom stereocenters. The van der Waals surface area contributed by atoms with Crippen molar-refractivity contribution in [3.63, 3.8) is 0 Å². The summed E-state index contributed by atoms with van der Waals surface area (Å²) >= 11 is 7.47. The van der Waals surface area contributed by atoms with Crippen LogP contribution in [0.4, 0.5) is 0 Å². The lowest BCUT2D eigenvalue weighted by Crippen LogP contribution is -1.97. The molecule has 7 aromatic heterocycles. The second-order valence-electron chi connectivity index (χ2n) is 18.0. The Kier molecular flexibility index (Phi) is 15.9. The van der Waals surface area contributed by atoms with E-state index >= 15 is 0 Å². The molecule has 10 heteroatoms. The SMILES string of the molecule is CCCCCCc1ccc(-c2nc3cc4nc5cc6nc(-c7ccc(CCCCCC)s7)c(-c7ccc(CCCCCC)s7)nc6cc5nc4cc3nc2-c2ccc(CCCCCC)s2)s1. The second-order valence-corrected chi connectivity index (χ2v) is 22.7. The number of benzene rings is 2. The number of hydrogen-bond acceptors (Lipinski definition) is 10. The summed E-state index contributed by atoms with van der Waals surface area (Å²) < 4.78 is 0. The van der Waals surface area contributed by atoms with Gasteiger partial charge in [-0.2, -0.15) is 0 Å². The van der Waals surface area contributed by atoms with Gasteiger partial charge in [0.25, 0.3) is 0 Å². The third-order valence-corrected chi connectivity index (χ3v) is 17.3. The highest BCUT2D eigenvalue weighted by atomic mass is 32.1. The summed E-state index contributed by atoms with van der Waals surface area (Å²) in [5, 5.41) is 0. The van der Waals surface area contributed by atoms with Gasteiger partial charge in [-0.3, -0.25) is 0 Å². The lowest BCUT2D eigenvalue weighted by atomic mass is 10.1. The second kappa shape index (κ2) is 22.5. The zero-order valence-corrected chi connectivity index (χ0v) is 42.7. The van der Waals surface area contributed by atoms with Gasteiger partial charge >= 0.3 is 0 Å². The van der Waals surface area contributed by atoms with E-state index < -0.39 is 0 Å². The molecular formula is C56H64N6S4. The van der Waals surface area contributed by atoms with Gasteiger partial charge < -0.3 is 0 Å². The van der Waals surface area contributed by atoms with Crippen molar-refractivity contribution in [2.45, 2.75) is 156 Å². The zero-order valence-electron chi connectivity index (χ0n) is 39.4. The first kappa shape index (κ1) is 46.6. The standard InChI is InChI=1S/C56H64N6S4/c1-5-9-13-17-21-37-25-29-49(63-37)53-54(50-30-26-38(64-50)22-18-14-10-6-2)60-46-34-42-41(33-45(46)59-53)57-43-35-47-48(36-44(43)58-42)62-56(52-32-28-40(66-52)24-20-16-12-8-4)55(61-47)51-31-27-39(65-51)23-19-15-11-7-3/h25-36H,5-24H2,1-4H3. The van der Waals surface area contributed by atoms with E-state index in [9.17, 15) is 0 Å². The molecule has 0 amide bonds. The number of aryl methyl sites for hydroxylation is 4. The molecule has 0 atom stereocenters. The summed E-state index contributed by atoms with van der Waals surface area (Å²) in [7, 11) is 0. The van der Waals surface area contributed by atoms with E-state index in [4.69, 9.17) is 29.9 Å². The maximum absolute atomic E-state index is 5.43. The molecule has 0 bridgehead atoms. The molecule has 9 aromatic rings. The van der Waals surface area contributed by atoms with Crippen LogP contribution in [0, 0.1) is 0 Å². The third-order valence-electron chi connectivity index (χ3n) is 12.7. The first-order valence-corrected chi connectivity index (χ1v) is 28.3. The molecule has 2 aromatic carbocycles. The number of unbranched alkanes of at least 4 members (excludes halogenated alkanes) is 12. The van der Waals surface area contributed by atoms with E-state index in [1.807, 2.05) is 45.3 Å². The van der Waals surface area contributed by atoms with Crippen LogP contribution in [0.2, 0.25) is 0 Å². The molecule has 342 valence electrons. The predicted molar refractivity (Wildman–Crippen MR) is 288 cm³/mol. The highest BCUT2D eigenvalue weighted by Gasteiger charge is 2.21. The van der Waals surface area contributed by atoms with Crippen LogP contribution in [0.5, 0.6) is 0 Å². The zero-order chi connectivity index (χ0) is 45.2. The van der Waals surface area contributed by atoms with Gasteiger partial charge in [-0.1, -0.05) is 105 Å². The van der Waals surface area contributed by atoms with Gasteiger partial charge in [-0.05, 0) is 124 Å². The summed E-state index contributed by atoms with van der Waals surface area (Å²) in [5.74, 6) is 0. The largest absolute Gasteiger partial charge is 0.244 e. The summed E-state index contributed by atoms with van der Waals surface area (Å²) in [5.41, 5.74) is 10.4. The van der Waals surface area contributed by atoms with Crippen molar-refractivity contribution in [2.75, 3.05) is 0 Å². The summed E-state index contributed by atoms with van der Waals surface area (Å²) in [6.07, 6.45) is 24.6. The molecule has 0 saturated carbocycles. The Bertz CT molecular complexity index is 2630. The Morgan fingerprint density at radius 2 is 0.500 bits per heavy atom. The van der Waals surface area contributed by atoms with Crippen molar-refractivity contribution in [3.8, 4) is 42.3 Å². The van der Waals surface area contributed by atoms with E-state index in [0.717, 1.165) is 92.6 Å². The minimum absolute atomic E-state index is 0.802. The van der Waals surface area contributed by atoms with Crippen LogP contribution < -0.4 is 0 Å². The van der Waals surface area contributed by atoms with Crippen molar-refractivity contribution >= 4 is 89.5 Å². The Hall–Kier alpha value is -4.48. The Labute approximate surface area is 407 Å². The number of hydrogen-bond donors (Lipinski definition) is 0. The molecule has 7 heterocycles. The fraction of sp³-hybridized carbons (Fsp3) is 0.429. The topological polar surface area (TPSA) is 77.3 Å². The first-order chi connectivity index (χ1) is 32.5. The van der Waals surface area contributed by atoms with Crippen LogP contribution in [0.1, 0.15) is 150 Å². The maximum Gasteiger partial charge on any atom is 0.108 e. The van der Waals surface area contributed by atoms with Crippen molar-refractivity contribution in [2.24, 2.45) is 0 Å². The lowest BCUT2D eigenvalue weighted by Gasteiger charge is -2.10. The Morgan fingerprint density at radius 1 is 0.273 bits per heavy atom. The van der Waals surface area contributed by atoms with Gasteiger partial charge in [-0.15, -0.1) is 45.3 Å². The quantitative estimate of drug-likeness (QED) is 0.0444. The molecule has 0 spiro atoms. The summed E-state index contributed by atoms with van der Waals surface area (Å²) in [6.45, 7) is 9.10. The van der Waals surface area contributed by atoms with E-state index in [2.05, 4.69) is 100 Å².